The molecule has 1 aliphatic heterocycles. The first-order chi connectivity index (χ1) is 11.8. The number of amides is 1. The van der Waals surface area contributed by atoms with E-state index >= 15 is 0 Å². The lowest BCUT2D eigenvalue weighted by Crippen LogP contribution is -2.25. The van der Waals surface area contributed by atoms with E-state index in [0.29, 0.717) is 5.92 Å². The maximum absolute atomic E-state index is 12.3. The van der Waals surface area contributed by atoms with E-state index in [-0.39, 0.29) is 18.3 Å². The van der Waals surface area contributed by atoms with Gasteiger partial charge in [-0.3, -0.25) is 4.79 Å². The highest BCUT2D eigenvalue weighted by Gasteiger charge is 2.16. The number of fused-ring (bicyclic) bond motifs is 1. The number of thiophene rings is 1. The largest absolute Gasteiger partial charge is 0.351 e. The summed E-state index contributed by atoms with van der Waals surface area (Å²) in [6, 6.07) is 12.0. The summed E-state index contributed by atoms with van der Waals surface area (Å²) in [6.45, 7) is 2.94. The number of para-hydroxylation sites is 1. The van der Waals surface area contributed by atoms with Gasteiger partial charge in [-0.2, -0.15) is 0 Å². The maximum Gasteiger partial charge on any atom is 0.261 e. The topological polar surface area (TPSA) is 54.0 Å². The molecule has 0 spiro atoms. The average Bonchev–Trinajstić information content (AvgIpc) is 3.33. The Morgan fingerprint density at radius 1 is 1.24 bits per heavy atom. The van der Waals surface area contributed by atoms with Crippen molar-refractivity contribution in [3.8, 4) is 9.88 Å². The minimum absolute atomic E-state index is 0. The van der Waals surface area contributed by atoms with Crippen LogP contribution in [0.25, 0.3) is 20.1 Å². The van der Waals surface area contributed by atoms with Crippen LogP contribution in [0.4, 0.5) is 0 Å². The number of carbonyl (C=O) groups excluding carboxylic acids is 1. The van der Waals surface area contributed by atoms with Crippen LogP contribution < -0.4 is 10.6 Å². The molecule has 0 aliphatic carbocycles. The highest BCUT2D eigenvalue weighted by Crippen LogP contribution is 2.34. The van der Waals surface area contributed by atoms with Crippen molar-refractivity contribution in [2.45, 2.75) is 12.8 Å². The molecular formula is C18H20ClN3OS2. The third kappa shape index (κ3) is 4.20. The fraction of sp³-hybridized carbons (Fsp3) is 0.333. The van der Waals surface area contributed by atoms with Gasteiger partial charge in [-0.05, 0) is 56.1 Å². The van der Waals surface area contributed by atoms with E-state index in [2.05, 4.69) is 21.7 Å². The zero-order chi connectivity index (χ0) is 16.4. The normalized spacial score (nSPS) is 16.7. The van der Waals surface area contributed by atoms with Gasteiger partial charge in [-0.15, -0.1) is 35.1 Å². The lowest BCUT2D eigenvalue weighted by atomic mass is 10.1. The summed E-state index contributed by atoms with van der Waals surface area (Å²) in [5, 5.41) is 7.39. The number of hydrogen-bond donors (Lipinski definition) is 2. The smallest absolute Gasteiger partial charge is 0.261 e. The Kier molecular flexibility index (Phi) is 6.06. The number of rotatable bonds is 5. The van der Waals surface area contributed by atoms with Gasteiger partial charge in [0, 0.05) is 6.54 Å². The molecule has 1 atom stereocenters. The molecule has 0 radical (unpaired) electrons. The first kappa shape index (κ1) is 18.3. The van der Waals surface area contributed by atoms with Gasteiger partial charge in [0.25, 0.3) is 5.91 Å². The van der Waals surface area contributed by atoms with Crippen LogP contribution >= 0.6 is 35.1 Å². The molecule has 1 saturated heterocycles. The zero-order valence-electron chi connectivity index (χ0n) is 13.7. The Balaban J connectivity index is 0.00000182. The SMILES string of the molecule is Cl.O=C(NCCC1CCNC1)c1ccc(-c2nc3ccccc3s2)s1. The Bertz CT molecular complexity index is 822. The molecule has 1 unspecified atom stereocenters. The summed E-state index contributed by atoms with van der Waals surface area (Å²) in [5.74, 6) is 0.727. The van der Waals surface area contributed by atoms with Crippen LogP contribution in [0.5, 0.6) is 0 Å². The average molecular weight is 394 g/mol. The molecule has 0 saturated carbocycles. The molecule has 2 aromatic heterocycles. The molecule has 1 amide bonds. The summed E-state index contributed by atoms with van der Waals surface area (Å²) < 4.78 is 1.18. The first-order valence-electron chi connectivity index (χ1n) is 8.24. The second-order valence-corrected chi connectivity index (χ2v) is 8.17. The number of aromatic nitrogens is 1. The number of benzene rings is 1. The van der Waals surface area contributed by atoms with Gasteiger partial charge in [0.05, 0.1) is 20.0 Å². The van der Waals surface area contributed by atoms with Crippen LogP contribution in [0, 0.1) is 5.92 Å². The summed E-state index contributed by atoms with van der Waals surface area (Å²) in [6.07, 6.45) is 2.27. The summed E-state index contributed by atoms with van der Waals surface area (Å²) in [5.41, 5.74) is 1.02. The number of halogens is 1. The minimum atomic E-state index is 0. The summed E-state index contributed by atoms with van der Waals surface area (Å²) >= 11 is 3.19. The van der Waals surface area contributed by atoms with Crippen LogP contribution in [-0.4, -0.2) is 30.5 Å². The molecular weight excluding hydrogens is 374 g/mol. The third-order valence-electron chi connectivity index (χ3n) is 4.33. The molecule has 1 fully saturated rings. The number of thiazole rings is 1. The van der Waals surface area contributed by atoms with Crippen molar-refractivity contribution in [3.05, 3.63) is 41.3 Å². The van der Waals surface area contributed by atoms with Crippen molar-refractivity contribution in [2.75, 3.05) is 19.6 Å². The van der Waals surface area contributed by atoms with E-state index in [1.165, 1.54) is 22.5 Å². The standard InChI is InChI=1S/C18H19N3OS2.ClH/c22-17(20-10-8-12-7-9-19-11-12)15-5-6-16(23-15)18-21-13-3-1-2-4-14(13)24-18;/h1-6,12,19H,7-11H2,(H,20,22);1H. The number of hydrogen-bond acceptors (Lipinski definition) is 5. The quantitative estimate of drug-likeness (QED) is 0.683. The van der Waals surface area contributed by atoms with Crippen LogP contribution in [0.2, 0.25) is 0 Å². The van der Waals surface area contributed by atoms with E-state index in [4.69, 9.17) is 0 Å². The van der Waals surface area contributed by atoms with Crippen LogP contribution in [0.15, 0.2) is 36.4 Å². The molecule has 3 aromatic rings. The minimum Gasteiger partial charge on any atom is -0.351 e. The molecule has 1 aromatic carbocycles. The monoisotopic (exact) mass is 393 g/mol. The fourth-order valence-corrected chi connectivity index (χ4v) is 4.93. The summed E-state index contributed by atoms with van der Waals surface area (Å²) in [4.78, 5) is 18.8. The van der Waals surface area contributed by atoms with Crippen molar-refractivity contribution < 1.29 is 4.79 Å². The van der Waals surface area contributed by atoms with E-state index in [1.807, 2.05) is 30.3 Å². The number of carbonyl (C=O) groups is 1. The van der Waals surface area contributed by atoms with Crippen molar-refractivity contribution in [2.24, 2.45) is 5.92 Å². The van der Waals surface area contributed by atoms with Crippen molar-refractivity contribution in [3.63, 3.8) is 0 Å². The van der Waals surface area contributed by atoms with E-state index in [9.17, 15) is 4.79 Å². The van der Waals surface area contributed by atoms with Crippen molar-refractivity contribution >= 4 is 51.2 Å². The van der Waals surface area contributed by atoms with Gasteiger partial charge in [0.1, 0.15) is 5.01 Å². The second-order valence-electron chi connectivity index (χ2n) is 6.05. The molecule has 4 rings (SSSR count). The lowest BCUT2D eigenvalue weighted by Gasteiger charge is -2.08. The van der Waals surface area contributed by atoms with Crippen molar-refractivity contribution in [1.82, 2.24) is 15.6 Å². The van der Waals surface area contributed by atoms with Gasteiger partial charge >= 0.3 is 0 Å². The number of nitrogens with zero attached hydrogens (tertiary/aromatic N) is 1. The first-order valence-corrected chi connectivity index (χ1v) is 9.87. The molecule has 4 nitrogen and oxygen atoms in total. The molecule has 3 heterocycles. The van der Waals surface area contributed by atoms with Gasteiger partial charge < -0.3 is 10.6 Å². The van der Waals surface area contributed by atoms with Crippen molar-refractivity contribution in [1.29, 1.82) is 0 Å². The highest BCUT2D eigenvalue weighted by molar-refractivity contribution is 7.26. The molecule has 2 N–H and O–H groups in total. The lowest BCUT2D eigenvalue weighted by molar-refractivity contribution is 0.0955. The third-order valence-corrected chi connectivity index (χ3v) is 6.62. The van der Waals surface area contributed by atoms with Crippen LogP contribution in [0.3, 0.4) is 0 Å². The molecule has 1 aliphatic rings. The van der Waals surface area contributed by atoms with E-state index < -0.39 is 0 Å². The Morgan fingerprint density at radius 3 is 2.92 bits per heavy atom. The fourth-order valence-electron chi connectivity index (χ4n) is 2.99. The van der Waals surface area contributed by atoms with E-state index in [0.717, 1.165) is 46.3 Å². The molecule has 132 valence electrons. The van der Waals surface area contributed by atoms with Gasteiger partial charge in [0.15, 0.2) is 0 Å². The molecule has 25 heavy (non-hydrogen) atoms. The van der Waals surface area contributed by atoms with Gasteiger partial charge in [-0.1, -0.05) is 12.1 Å². The van der Waals surface area contributed by atoms with Crippen LogP contribution in [-0.2, 0) is 0 Å². The zero-order valence-corrected chi connectivity index (χ0v) is 16.1. The molecule has 0 bridgehead atoms. The summed E-state index contributed by atoms with van der Waals surface area (Å²) in [7, 11) is 0. The predicted octanol–water partition coefficient (Wildman–Crippen LogP) is 4.18. The maximum atomic E-state index is 12.3. The second kappa shape index (κ2) is 8.27. The Morgan fingerprint density at radius 2 is 2.12 bits per heavy atom. The van der Waals surface area contributed by atoms with Gasteiger partial charge in [-0.25, -0.2) is 4.98 Å². The Labute approximate surface area is 161 Å². The highest BCUT2D eigenvalue weighted by atomic mass is 35.5. The van der Waals surface area contributed by atoms with E-state index in [1.54, 1.807) is 11.3 Å². The van der Waals surface area contributed by atoms with Gasteiger partial charge in [0.2, 0.25) is 0 Å². The predicted molar refractivity (Wildman–Crippen MR) is 108 cm³/mol. The Hall–Kier alpha value is -1.47. The van der Waals surface area contributed by atoms with Crippen LogP contribution in [0.1, 0.15) is 22.5 Å². The molecule has 7 heteroatoms. The number of nitrogens with one attached hydrogen (secondary N) is 2.